The molecule has 2 heterocycles. The average Bonchev–Trinajstić information content (AvgIpc) is 3.50. The molecule has 0 unspecified atom stereocenters. The molecule has 4 aromatic carbocycles. The summed E-state index contributed by atoms with van der Waals surface area (Å²) in [5, 5.41) is 1.62. The molecule has 6 rings (SSSR count). The van der Waals surface area contributed by atoms with Crippen molar-refractivity contribution in [1.82, 2.24) is 4.90 Å². The van der Waals surface area contributed by atoms with Gasteiger partial charge in [0.2, 0.25) is 5.91 Å². The molecule has 40 heavy (non-hydrogen) atoms. The second-order valence-corrected chi connectivity index (χ2v) is 9.57. The minimum atomic E-state index is -0.969. The van der Waals surface area contributed by atoms with E-state index in [1.807, 2.05) is 66.7 Å². The normalized spacial score (nSPS) is 20.0. The number of para-hydroxylation sites is 1. The largest absolute Gasteiger partial charge is 0.493 e. The molecule has 2 aliphatic heterocycles. The number of esters is 1. The standard InChI is InChI=1S/C32H26N2O6/c1-38-26-19-23(17-18-25(26)39-32(37)22-13-7-3-8-14-22)28-27-29(40-34(28)24-15-9-4-10-16-24)31(36)33(30(27)35)20-21-11-5-2-6-12-21/h2-19,27-29H,20H2,1H3/t27-,28-,29+/m1/s1. The highest BCUT2D eigenvalue weighted by Crippen LogP contribution is 2.48. The van der Waals surface area contributed by atoms with Crippen molar-refractivity contribution < 1.29 is 28.7 Å². The number of fused-ring (bicyclic) bond motifs is 1. The summed E-state index contributed by atoms with van der Waals surface area (Å²) >= 11 is 0. The minimum absolute atomic E-state index is 0.171. The van der Waals surface area contributed by atoms with Crippen LogP contribution in [0.3, 0.4) is 0 Å². The van der Waals surface area contributed by atoms with Gasteiger partial charge in [-0.25, -0.2) is 9.86 Å². The lowest BCUT2D eigenvalue weighted by molar-refractivity contribution is -0.143. The fourth-order valence-corrected chi connectivity index (χ4v) is 5.22. The number of rotatable bonds is 7. The Hall–Kier alpha value is -4.95. The van der Waals surface area contributed by atoms with Crippen molar-refractivity contribution >= 4 is 23.5 Å². The van der Waals surface area contributed by atoms with Gasteiger partial charge in [-0.2, -0.15) is 0 Å². The van der Waals surface area contributed by atoms with Crippen molar-refractivity contribution in [1.29, 1.82) is 0 Å². The van der Waals surface area contributed by atoms with E-state index < -0.39 is 24.0 Å². The third-order valence-electron chi connectivity index (χ3n) is 7.14. The molecular weight excluding hydrogens is 508 g/mol. The van der Waals surface area contributed by atoms with Crippen LogP contribution >= 0.6 is 0 Å². The van der Waals surface area contributed by atoms with Crippen molar-refractivity contribution in [2.45, 2.75) is 18.7 Å². The van der Waals surface area contributed by atoms with Crippen molar-refractivity contribution in [3.8, 4) is 11.5 Å². The number of methoxy groups -OCH3 is 1. The Bertz CT molecular complexity index is 1540. The maximum Gasteiger partial charge on any atom is 0.343 e. The third-order valence-corrected chi connectivity index (χ3v) is 7.14. The smallest absolute Gasteiger partial charge is 0.343 e. The van der Waals surface area contributed by atoms with Crippen LogP contribution in [0.5, 0.6) is 11.5 Å². The Morgan fingerprint density at radius 1 is 0.800 bits per heavy atom. The Labute approximate surface area is 231 Å². The van der Waals surface area contributed by atoms with Gasteiger partial charge in [0.25, 0.3) is 5.91 Å². The maximum atomic E-state index is 13.8. The SMILES string of the molecule is COc1cc([C@@H]2[C@H]3C(=O)N(Cc4ccccc4)C(=O)[C@H]3ON2c2ccccc2)ccc1OC(=O)c1ccccc1. The topological polar surface area (TPSA) is 85.4 Å². The van der Waals surface area contributed by atoms with Crippen LogP contribution in [0, 0.1) is 5.92 Å². The lowest BCUT2D eigenvalue weighted by atomic mass is 9.90. The molecule has 8 nitrogen and oxygen atoms in total. The minimum Gasteiger partial charge on any atom is -0.493 e. The fraction of sp³-hybridized carbons (Fsp3) is 0.156. The van der Waals surface area contributed by atoms with E-state index in [1.165, 1.54) is 12.0 Å². The monoisotopic (exact) mass is 534 g/mol. The molecule has 3 atom stereocenters. The summed E-state index contributed by atoms with van der Waals surface area (Å²) < 4.78 is 11.2. The predicted octanol–water partition coefficient (Wildman–Crippen LogP) is 4.96. The molecule has 200 valence electrons. The number of carbonyl (C=O) groups is 3. The number of hydrogen-bond acceptors (Lipinski definition) is 7. The summed E-state index contributed by atoms with van der Waals surface area (Å²) in [5.41, 5.74) is 2.64. The number of ether oxygens (including phenoxy) is 2. The van der Waals surface area contributed by atoms with E-state index in [4.69, 9.17) is 14.3 Å². The number of benzene rings is 4. The zero-order chi connectivity index (χ0) is 27.6. The van der Waals surface area contributed by atoms with Gasteiger partial charge in [-0.15, -0.1) is 0 Å². The Morgan fingerprint density at radius 2 is 1.45 bits per heavy atom. The van der Waals surface area contributed by atoms with E-state index in [1.54, 1.807) is 47.5 Å². The lowest BCUT2D eigenvalue weighted by Gasteiger charge is -2.29. The lowest BCUT2D eigenvalue weighted by Crippen LogP contribution is -2.36. The van der Waals surface area contributed by atoms with Crippen LogP contribution in [-0.4, -0.2) is 35.9 Å². The number of hydrogen-bond donors (Lipinski definition) is 0. The molecule has 0 N–H and O–H groups in total. The van der Waals surface area contributed by atoms with Gasteiger partial charge in [0.05, 0.1) is 30.9 Å². The molecule has 0 radical (unpaired) electrons. The molecule has 0 aromatic heterocycles. The van der Waals surface area contributed by atoms with E-state index >= 15 is 0 Å². The zero-order valence-electron chi connectivity index (χ0n) is 21.7. The van der Waals surface area contributed by atoms with Crippen LogP contribution in [0.15, 0.2) is 109 Å². The van der Waals surface area contributed by atoms with Crippen molar-refractivity contribution in [2.24, 2.45) is 5.92 Å². The van der Waals surface area contributed by atoms with Crippen LogP contribution in [0.25, 0.3) is 0 Å². The zero-order valence-corrected chi connectivity index (χ0v) is 21.7. The fourth-order valence-electron chi connectivity index (χ4n) is 5.22. The summed E-state index contributed by atoms with van der Waals surface area (Å²) in [5.74, 6) is -1.42. The van der Waals surface area contributed by atoms with E-state index in [9.17, 15) is 14.4 Å². The Morgan fingerprint density at radius 3 is 2.12 bits per heavy atom. The predicted molar refractivity (Wildman–Crippen MR) is 146 cm³/mol. The number of anilines is 1. The van der Waals surface area contributed by atoms with Crippen molar-refractivity contribution in [3.05, 3.63) is 126 Å². The molecule has 0 saturated carbocycles. The number of nitrogens with zero attached hydrogens (tertiary/aromatic N) is 2. The van der Waals surface area contributed by atoms with Crippen molar-refractivity contribution in [3.63, 3.8) is 0 Å². The highest BCUT2D eigenvalue weighted by molar-refractivity contribution is 6.07. The van der Waals surface area contributed by atoms with Crippen molar-refractivity contribution in [2.75, 3.05) is 12.2 Å². The molecular formula is C32H26N2O6. The number of hydroxylamine groups is 1. The molecule has 8 heteroatoms. The quantitative estimate of drug-likeness (QED) is 0.188. The summed E-state index contributed by atoms with van der Waals surface area (Å²) in [6.07, 6.45) is -0.969. The summed E-state index contributed by atoms with van der Waals surface area (Å²) in [6.45, 7) is 0.171. The first-order chi connectivity index (χ1) is 19.5. The number of likely N-dealkylation sites (tertiary alicyclic amines) is 1. The first-order valence-electron chi connectivity index (χ1n) is 12.9. The average molecular weight is 535 g/mol. The third kappa shape index (κ3) is 4.58. The van der Waals surface area contributed by atoms with Gasteiger partial charge in [0.1, 0.15) is 5.92 Å². The van der Waals surface area contributed by atoms with Crippen LogP contribution in [0.4, 0.5) is 5.69 Å². The van der Waals surface area contributed by atoms with E-state index in [0.717, 1.165) is 5.56 Å². The highest BCUT2D eigenvalue weighted by atomic mass is 16.7. The molecule has 0 bridgehead atoms. The first-order valence-corrected chi connectivity index (χ1v) is 12.9. The Kier molecular flexibility index (Phi) is 6.76. The summed E-state index contributed by atoms with van der Waals surface area (Å²) in [4.78, 5) is 47.4. The number of amides is 2. The second kappa shape index (κ2) is 10.7. The number of carbonyl (C=O) groups excluding carboxylic acids is 3. The first kappa shape index (κ1) is 25.3. The van der Waals surface area contributed by atoms with Gasteiger partial charge in [0.15, 0.2) is 17.6 Å². The molecule has 2 aliphatic rings. The van der Waals surface area contributed by atoms with Crippen LogP contribution < -0.4 is 14.5 Å². The van der Waals surface area contributed by atoms with E-state index in [-0.39, 0.29) is 24.1 Å². The molecule has 0 spiro atoms. The van der Waals surface area contributed by atoms with Crippen LogP contribution in [-0.2, 0) is 21.0 Å². The maximum absolute atomic E-state index is 13.8. The second-order valence-electron chi connectivity index (χ2n) is 9.57. The summed E-state index contributed by atoms with van der Waals surface area (Å²) in [6, 6.07) is 31.9. The van der Waals surface area contributed by atoms with Gasteiger partial charge in [-0.3, -0.25) is 19.3 Å². The molecule has 0 aliphatic carbocycles. The molecule has 4 aromatic rings. The van der Waals surface area contributed by atoms with E-state index in [2.05, 4.69) is 0 Å². The van der Waals surface area contributed by atoms with Gasteiger partial charge < -0.3 is 9.47 Å². The van der Waals surface area contributed by atoms with Gasteiger partial charge in [0, 0.05) is 0 Å². The highest BCUT2D eigenvalue weighted by Gasteiger charge is 2.59. The molecule has 2 fully saturated rings. The van der Waals surface area contributed by atoms with Gasteiger partial charge in [-0.1, -0.05) is 72.8 Å². The van der Waals surface area contributed by atoms with Gasteiger partial charge in [-0.05, 0) is 47.5 Å². The number of imide groups is 1. The van der Waals surface area contributed by atoms with Gasteiger partial charge >= 0.3 is 5.97 Å². The van der Waals surface area contributed by atoms with Crippen LogP contribution in [0.1, 0.15) is 27.5 Å². The van der Waals surface area contributed by atoms with Crippen LogP contribution in [0.2, 0.25) is 0 Å². The molecule has 2 amide bonds. The van der Waals surface area contributed by atoms with E-state index in [0.29, 0.717) is 22.6 Å². The molecule has 2 saturated heterocycles. The Balaban J connectivity index is 1.35. The summed E-state index contributed by atoms with van der Waals surface area (Å²) in [7, 11) is 1.48.